The molecule has 35 heavy (non-hydrogen) atoms. The minimum Gasteiger partial charge on any atom is -0.493 e. The number of halogens is 1. The van der Waals surface area contributed by atoms with Crippen LogP contribution in [0, 0.1) is 0 Å². The van der Waals surface area contributed by atoms with Gasteiger partial charge in [0.05, 0.1) is 23.4 Å². The van der Waals surface area contributed by atoms with Crippen LogP contribution in [0.4, 0.5) is 5.69 Å². The Labute approximate surface area is 211 Å². The van der Waals surface area contributed by atoms with Crippen LogP contribution in [-0.2, 0) is 14.8 Å². The number of benzene rings is 3. The van der Waals surface area contributed by atoms with Gasteiger partial charge in [0, 0.05) is 10.6 Å². The number of nitrogens with zero attached hydrogens (tertiary/aromatic N) is 2. The second kappa shape index (κ2) is 12.9. The molecule has 3 aromatic carbocycles. The highest BCUT2D eigenvalue weighted by Crippen LogP contribution is 2.26. The van der Waals surface area contributed by atoms with E-state index in [-0.39, 0.29) is 10.6 Å². The molecule has 0 aliphatic carbocycles. The topological polar surface area (TPSA) is 88.1 Å². The maximum atomic E-state index is 13.3. The number of hydrazone groups is 1. The van der Waals surface area contributed by atoms with Gasteiger partial charge in [0.2, 0.25) is 0 Å². The molecule has 9 heteroatoms. The first-order valence-corrected chi connectivity index (χ1v) is 13.1. The van der Waals surface area contributed by atoms with Crippen molar-refractivity contribution < 1.29 is 17.9 Å². The Kier molecular flexibility index (Phi) is 9.69. The van der Waals surface area contributed by atoms with E-state index in [2.05, 4.69) is 17.5 Å². The molecular formula is C26H28ClN3O4S. The van der Waals surface area contributed by atoms with E-state index >= 15 is 0 Å². The highest BCUT2D eigenvalue weighted by molar-refractivity contribution is 7.92. The van der Waals surface area contributed by atoms with Crippen LogP contribution in [-0.4, -0.2) is 33.7 Å². The maximum absolute atomic E-state index is 13.3. The van der Waals surface area contributed by atoms with Gasteiger partial charge in [-0.05, 0) is 48.9 Å². The SMILES string of the molecule is CCCCCOc1ccccc1/C=N\NC(=O)CN(c1cccc(Cl)c1)S(=O)(=O)c1ccccc1. The van der Waals surface area contributed by atoms with E-state index < -0.39 is 22.5 Å². The zero-order valence-electron chi connectivity index (χ0n) is 19.4. The number of rotatable bonds is 12. The molecule has 3 rings (SSSR count). The van der Waals surface area contributed by atoms with Crippen molar-refractivity contribution in [3.05, 3.63) is 89.4 Å². The predicted octanol–water partition coefficient (Wildman–Crippen LogP) is 5.25. The summed E-state index contributed by atoms with van der Waals surface area (Å²) in [5, 5.41) is 4.37. The summed E-state index contributed by atoms with van der Waals surface area (Å²) in [6, 6.07) is 21.6. The molecule has 0 aromatic heterocycles. The van der Waals surface area contributed by atoms with E-state index in [1.807, 2.05) is 24.3 Å². The Morgan fingerprint density at radius 3 is 2.51 bits per heavy atom. The maximum Gasteiger partial charge on any atom is 0.264 e. The monoisotopic (exact) mass is 513 g/mol. The lowest BCUT2D eigenvalue weighted by Crippen LogP contribution is -2.39. The molecule has 0 saturated carbocycles. The number of amides is 1. The molecular weight excluding hydrogens is 486 g/mol. The zero-order chi connectivity index (χ0) is 25.1. The molecule has 0 radical (unpaired) electrons. The number of hydrogen-bond donors (Lipinski definition) is 1. The number of carbonyl (C=O) groups is 1. The van der Waals surface area contributed by atoms with E-state index in [9.17, 15) is 13.2 Å². The molecule has 1 amide bonds. The number of sulfonamides is 1. The summed E-state index contributed by atoms with van der Waals surface area (Å²) in [5.41, 5.74) is 3.38. The highest BCUT2D eigenvalue weighted by atomic mass is 35.5. The van der Waals surface area contributed by atoms with Crippen molar-refractivity contribution in [1.82, 2.24) is 5.43 Å². The normalized spacial score (nSPS) is 11.4. The molecule has 0 bridgehead atoms. The Hall–Kier alpha value is -3.36. The van der Waals surface area contributed by atoms with Gasteiger partial charge in [-0.3, -0.25) is 9.10 Å². The summed E-state index contributed by atoms with van der Waals surface area (Å²) in [7, 11) is -4.02. The second-order valence-electron chi connectivity index (χ2n) is 7.69. The Morgan fingerprint density at radius 1 is 1.03 bits per heavy atom. The van der Waals surface area contributed by atoms with Crippen LogP contribution in [0.2, 0.25) is 5.02 Å². The zero-order valence-corrected chi connectivity index (χ0v) is 21.0. The molecule has 0 aliphatic rings. The number of nitrogens with one attached hydrogen (secondary N) is 1. The lowest BCUT2D eigenvalue weighted by Gasteiger charge is -2.23. The van der Waals surface area contributed by atoms with Crippen LogP contribution in [0.3, 0.4) is 0 Å². The quantitative estimate of drug-likeness (QED) is 0.203. The molecule has 1 N–H and O–H groups in total. The van der Waals surface area contributed by atoms with Crippen molar-refractivity contribution >= 4 is 39.4 Å². The van der Waals surface area contributed by atoms with Gasteiger partial charge < -0.3 is 4.74 Å². The van der Waals surface area contributed by atoms with Crippen LogP contribution in [0.25, 0.3) is 0 Å². The number of para-hydroxylation sites is 1. The number of anilines is 1. The molecule has 184 valence electrons. The fraction of sp³-hybridized carbons (Fsp3) is 0.231. The molecule has 0 aliphatic heterocycles. The fourth-order valence-electron chi connectivity index (χ4n) is 3.26. The van der Waals surface area contributed by atoms with Gasteiger partial charge in [0.25, 0.3) is 15.9 Å². The van der Waals surface area contributed by atoms with Crippen LogP contribution in [0.1, 0.15) is 31.7 Å². The summed E-state index contributed by atoms with van der Waals surface area (Å²) < 4.78 is 33.5. The predicted molar refractivity (Wildman–Crippen MR) is 140 cm³/mol. The average molecular weight is 514 g/mol. The lowest BCUT2D eigenvalue weighted by atomic mass is 10.2. The third kappa shape index (κ3) is 7.56. The third-order valence-corrected chi connectivity index (χ3v) is 7.06. The van der Waals surface area contributed by atoms with Crippen molar-refractivity contribution in [2.24, 2.45) is 5.10 Å². The van der Waals surface area contributed by atoms with Gasteiger partial charge in [-0.1, -0.05) is 67.8 Å². The number of unbranched alkanes of at least 4 members (excludes halogenated alkanes) is 2. The number of carbonyl (C=O) groups excluding carboxylic acids is 1. The van der Waals surface area contributed by atoms with Gasteiger partial charge >= 0.3 is 0 Å². The molecule has 0 fully saturated rings. The summed E-state index contributed by atoms with van der Waals surface area (Å²) in [6.45, 7) is 2.24. The van der Waals surface area contributed by atoms with Crippen LogP contribution in [0.15, 0.2) is 88.9 Å². The van der Waals surface area contributed by atoms with Gasteiger partial charge in [-0.15, -0.1) is 0 Å². The van der Waals surface area contributed by atoms with Gasteiger partial charge in [0.15, 0.2) is 0 Å². The molecule has 0 unspecified atom stereocenters. The third-order valence-electron chi connectivity index (χ3n) is 5.03. The summed E-state index contributed by atoms with van der Waals surface area (Å²) >= 11 is 6.08. The largest absolute Gasteiger partial charge is 0.493 e. The minimum atomic E-state index is -4.02. The Balaban J connectivity index is 1.74. The smallest absolute Gasteiger partial charge is 0.264 e. The van der Waals surface area contributed by atoms with E-state index in [0.29, 0.717) is 22.9 Å². The fourth-order valence-corrected chi connectivity index (χ4v) is 4.88. The summed E-state index contributed by atoms with van der Waals surface area (Å²) in [4.78, 5) is 12.8. The first kappa shape index (κ1) is 26.2. The number of ether oxygens (including phenoxy) is 1. The second-order valence-corrected chi connectivity index (χ2v) is 9.99. The van der Waals surface area contributed by atoms with Crippen molar-refractivity contribution in [2.75, 3.05) is 17.5 Å². The molecule has 3 aromatic rings. The van der Waals surface area contributed by atoms with Gasteiger partial charge in [-0.25, -0.2) is 13.8 Å². The van der Waals surface area contributed by atoms with E-state index in [1.54, 1.807) is 36.4 Å². The molecule has 7 nitrogen and oxygen atoms in total. The van der Waals surface area contributed by atoms with Crippen molar-refractivity contribution in [3.63, 3.8) is 0 Å². The molecule has 0 heterocycles. The van der Waals surface area contributed by atoms with Crippen molar-refractivity contribution in [3.8, 4) is 5.75 Å². The first-order chi connectivity index (χ1) is 16.9. The van der Waals surface area contributed by atoms with Crippen LogP contribution >= 0.6 is 11.6 Å². The molecule has 0 saturated heterocycles. The molecule has 0 atom stereocenters. The minimum absolute atomic E-state index is 0.0606. The van der Waals surface area contributed by atoms with E-state index in [1.165, 1.54) is 24.4 Å². The standard InChI is InChI=1S/C26H28ClN3O4S/c1-2-3-9-17-34-25-16-8-7-11-21(25)19-28-29-26(31)20-30(23-13-10-12-22(27)18-23)35(32,33)24-14-5-4-6-15-24/h4-8,10-16,18-19H,2-3,9,17,20H2,1H3,(H,29,31)/b28-19-. The van der Waals surface area contributed by atoms with Crippen LogP contribution in [0.5, 0.6) is 5.75 Å². The van der Waals surface area contributed by atoms with Gasteiger partial charge in [-0.2, -0.15) is 5.10 Å². The number of hydrogen-bond acceptors (Lipinski definition) is 5. The van der Waals surface area contributed by atoms with E-state index in [4.69, 9.17) is 16.3 Å². The van der Waals surface area contributed by atoms with Crippen LogP contribution < -0.4 is 14.5 Å². The summed E-state index contributed by atoms with van der Waals surface area (Å²) in [5.74, 6) is 0.0517. The first-order valence-electron chi connectivity index (χ1n) is 11.3. The summed E-state index contributed by atoms with van der Waals surface area (Å²) in [6.07, 6.45) is 4.61. The highest BCUT2D eigenvalue weighted by Gasteiger charge is 2.27. The van der Waals surface area contributed by atoms with Crippen molar-refractivity contribution in [2.45, 2.75) is 31.1 Å². The molecule has 0 spiro atoms. The van der Waals surface area contributed by atoms with Crippen molar-refractivity contribution in [1.29, 1.82) is 0 Å². The average Bonchev–Trinajstić information content (AvgIpc) is 2.86. The Bertz CT molecular complexity index is 1250. The van der Waals surface area contributed by atoms with E-state index in [0.717, 1.165) is 23.6 Å². The Morgan fingerprint density at radius 2 is 1.77 bits per heavy atom. The van der Waals surface area contributed by atoms with Gasteiger partial charge in [0.1, 0.15) is 12.3 Å². The lowest BCUT2D eigenvalue weighted by molar-refractivity contribution is -0.119.